The van der Waals surface area contributed by atoms with E-state index in [-0.39, 0.29) is 5.75 Å². The van der Waals surface area contributed by atoms with Crippen LogP contribution in [0.4, 0.5) is 5.69 Å². The summed E-state index contributed by atoms with van der Waals surface area (Å²) in [5, 5.41) is 13.1. The van der Waals surface area contributed by atoms with Crippen molar-refractivity contribution in [3.63, 3.8) is 0 Å². The van der Waals surface area contributed by atoms with Crippen molar-refractivity contribution >= 4 is 5.69 Å². The minimum Gasteiger partial charge on any atom is -0.504 e. The van der Waals surface area contributed by atoms with Crippen LogP contribution in [0.1, 0.15) is 26.7 Å². The molecule has 2 rings (SSSR count). The fourth-order valence-electron chi connectivity index (χ4n) is 2.34. The van der Waals surface area contributed by atoms with Gasteiger partial charge in [-0.1, -0.05) is 13.8 Å². The molecule has 1 fully saturated rings. The van der Waals surface area contributed by atoms with Gasteiger partial charge in [-0.25, -0.2) is 0 Å². The third-order valence-electron chi connectivity index (χ3n) is 3.67. The first-order chi connectivity index (χ1) is 8.10. The standard InChI is InChI=1S/C14H21NO2/c1-9(2)10-6-12(7-10)15-11-4-5-14(17-3)13(16)8-11/h4-5,8-10,12,15-16H,6-7H2,1-3H3. The van der Waals surface area contributed by atoms with Crippen LogP contribution in [-0.4, -0.2) is 18.3 Å². The molecule has 3 heteroatoms. The molecule has 0 amide bonds. The summed E-state index contributed by atoms with van der Waals surface area (Å²) < 4.78 is 5.02. The van der Waals surface area contributed by atoms with Crippen LogP contribution >= 0.6 is 0 Å². The number of hydrogen-bond acceptors (Lipinski definition) is 3. The first-order valence-corrected chi connectivity index (χ1v) is 6.23. The van der Waals surface area contributed by atoms with Gasteiger partial charge in [-0.3, -0.25) is 0 Å². The zero-order chi connectivity index (χ0) is 12.4. The fourth-order valence-corrected chi connectivity index (χ4v) is 2.34. The summed E-state index contributed by atoms with van der Waals surface area (Å²) in [5.74, 6) is 2.33. The van der Waals surface area contributed by atoms with Crippen LogP contribution in [0.25, 0.3) is 0 Å². The van der Waals surface area contributed by atoms with E-state index < -0.39 is 0 Å². The summed E-state index contributed by atoms with van der Waals surface area (Å²) in [7, 11) is 1.56. The Morgan fingerprint density at radius 2 is 2.06 bits per heavy atom. The van der Waals surface area contributed by atoms with Gasteiger partial charge in [0.25, 0.3) is 0 Å². The number of phenols is 1. The van der Waals surface area contributed by atoms with Gasteiger partial charge in [0.15, 0.2) is 11.5 Å². The Labute approximate surface area is 103 Å². The Kier molecular flexibility index (Phi) is 3.46. The lowest BCUT2D eigenvalue weighted by Gasteiger charge is -2.39. The van der Waals surface area contributed by atoms with Gasteiger partial charge in [0.05, 0.1) is 7.11 Å². The number of benzene rings is 1. The van der Waals surface area contributed by atoms with Gasteiger partial charge in [0, 0.05) is 17.8 Å². The highest BCUT2D eigenvalue weighted by Gasteiger charge is 2.30. The average Bonchev–Trinajstić information content (AvgIpc) is 2.22. The van der Waals surface area contributed by atoms with Crippen molar-refractivity contribution in [1.29, 1.82) is 0 Å². The first-order valence-electron chi connectivity index (χ1n) is 6.23. The molecule has 0 heterocycles. The summed E-state index contributed by atoms with van der Waals surface area (Å²) in [6, 6.07) is 6.01. The lowest BCUT2D eigenvalue weighted by Crippen LogP contribution is -2.37. The Morgan fingerprint density at radius 1 is 1.35 bits per heavy atom. The minimum atomic E-state index is 0.192. The van der Waals surface area contributed by atoms with Crippen molar-refractivity contribution in [3.8, 4) is 11.5 Å². The molecule has 0 unspecified atom stereocenters. The van der Waals surface area contributed by atoms with Gasteiger partial charge in [0.1, 0.15) is 0 Å². The van der Waals surface area contributed by atoms with Crippen LogP contribution in [0.15, 0.2) is 18.2 Å². The second kappa shape index (κ2) is 4.86. The van der Waals surface area contributed by atoms with Crippen LogP contribution in [0.2, 0.25) is 0 Å². The van der Waals surface area contributed by atoms with Crippen LogP contribution in [-0.2, 0) is 0 Å². The van der Waals surface area contributed by atoms with E-state index in [1.807, 2.05) is 6.07 Å². The topological polar surface area (TPSA) is 41.5 Å². The first kappa shape index (κ1) is 12.1. The van der Waals surface area contributed by atoms with E-state index >= 15 is 0 Å². The SMILES string of the molecule is COc1ccc(NC2CC(C(C)C)C2)cc1O. The summed E-state index contributed by atoms with van der Waals surface area (Å²) in [5.41, 5.74) is 0.968. The van der Waals surface area contributed by atoms with Gasteiger partial charge in [0.2, 0.25) is 0 Å². The minimum absolute atomic E-state index is 0.192. The molecule has 1 aromatic rings. The van der Waals surface area contributed by atoms with Crippen molar-refractivity contribution < 1.29 is 9.84 Å². The summed E-state index contributed by atoms with van der Waals surface area (Å²) in [6.07, 6.45) is 2.45. The number of anilines is 1. The van der Waals surface area contributed by atoms with E-state index in [4.69, 9.17) is 4.74 Å². The van der Waals surface area contributed by atoms with Gasteiger partial charge in [-0.2, -0.15) is 0 Å². The molecule has 0 aliphatic heterocycles. The number of hydrogen-bond donors (Lipinski definition) is 2. The molecule has 3 nitrogen and oxygen atoms in total. The van der Waals surface area contributed by atoms with Crippen LogP contribution < -0.4 is 10.1 Å². The van der Waals surface area contributed by atoms with Crippen molar-refractivity contribution in [1.82, 2.24) is 0 Å². The lowest BCUT2D eigenvalue weighted by molar-refractivity contribution is 0.212. The zero-order valence-electron chi connectivity index (χ0n) is 10.7. The highest BCUT2D eigenvalue weighted by Crippen LogP contribution is 2.36. The van der Waals surface area contributed by atoms with Gasteiger partial charge < -0.3 is 15.2 Å². The molecule has 1 aliphatic carbocycles. The molecule has 1 saturated carbocycles. The fraction of sp³-hybridized carbons (Fsp3) is 0.571. The van der Waals surface area contributed by atoms with Gasteiger partial charge in [-0.15, -0.1) is 0 Å². The summed E-state index contributed by atoms with van der Waals surface area (Å²) in [6.45, 7) is 4.56. The van der Waals surface area contributed by atoms with Crippen molar-refractivity contribution in [3.05, 3.63) is 18.2 Å². The van der Waals surface area contributed by atoms with E-state index in [0.717, 1.165) is 17.5 Å². The Hall–Kier alpha value is -1.38. The second-order valence-electron chi connectivity index (χ2n) is 5.20. The maximum atomic E-state index is 9.67. The molecule has 0 aromatic heterocycles. The second-order valence-corrected chi connectivity index (χ2v) is 5.20. The molecule has 0 spiro atoms. The molecular weight excluding hydrogens is 214 g/mol. The number of ether oxygens (including phenoxy) is 1. The lowest BCUT2D eigenvalue weighted by atomic mass is 9.73. The predicted octanol–water partition coefficient (Wildman–Crippen LogP) is 3.25. The van der Waals surface area contributed by atoms with Crippen molar-refractivity contribution in [2.45, 2.75) is 32.7 Å². The largest absolute Gasteiger partial charge is 0.504 e. The highest BCUT2D eigenvalue weighted by molar-refractivity contribution is 5.54. The molecule has 0 atom stereocenters. The average molecular weight is 235 g/mol. The van der Waals surface area contributed by atoms with E-state index in [9.17, 15) is 5.11 Å². The maximum absolute atomic E-state index is 9.67. The Morgan fingerprint density at radius 3 is 2.59 bits per heavy atom. The van der Waals surface area contributed by atoms with Crippen LogP contribution in [0, 0.1) is 11.8 Å². The third-order valence-corrected chi connectivity index (χ3v) is 3.67. The Balaban J connectivity index is 1.90. The number of methoxy groups -OCH3 is 1. The summed E-state index contributed by atoms with van der Waals surface area (Å²) in [4.78, 5) is 0. The quantitative estimate of drug-likeness (QED) is 0.841. The molecule has 94 valence electrons. The van der Waals surface area contributed by atoms with Crippen molar-refractivity contribution in [2.24, 2.45) is 11.8 Å². The molecule has 1 aromatic carbocycles. The third kappa shape index (κ3) is 2.65. The number of rotatable bonds is 4. The molecule has 0 radical (unpaired) electrons. The molecule has 1 aliphatic rings. The monoisotopic (exact) mass is 235 g/mol. The van der Waals surface area contributed by atoms with Crippen molar-refractivity contribution in [2.75, 3.05) is 12.4 Å². The number of nitrogens with one attached hydrogen (secondary N) is 1. The molecule has 0 bridgehead atoms. The van der Waals surface area contributed by atoms with Gasteiger partial charge >= 0.3 is 0 Å². The molecule has 0 saturated heterocycles. The highest BCUT2D eigenvalue weighted by atomic mass is 16.5. The molecular formula is C14H21NO2. The zero-order valence-corrected chi connectivity index (χ0v) is 10.7. The van der Waals surface area contributed by atoms with E-state index in [1.54, 1.807) is 19.2 Å². The van der Waals surface area contributed by atoms with E-state index in [1.165, 1.54) is 12.8 Å². The van der Waals surface area contributed by atoms with E-state index in [2.05, 4.69) is 19.2 Å². The number of phenolic OH excluding ortho intramolecular Hbond substituents is 1. The normalized spacial score (nSPS) is 23.3. The predicted molar refractivity (Wildman–Crippen MR) is 69.6 cm³/mol. The molecule has 2 N–H and O–H groups in total. The number of aromatic hydroxyl groups is 1. The Bertz CT molecular complexity index is 384. The smallest absolute Gasteiger partial charge is 0.160 e. The summed E-state index contributed by atoms with van der Waals surface area (Å²) >= 11 is 0. The maximum Gasteiger partial charge on any atom is 0.160 e. The van der Waals surface area contributed by atoms with Crippen LogP contribution in [0.3, 0.4) is 0 Å². The van der Waals surface area contributed by atoms with Crippen LogP contribution in [0.5, 0.6) is 11.5 Å². The van der Waals surface area contributed by atoms with Gasteiger partial charge in [-0.05, 0) is 36.8 Å². The van der Waals surface area contributed by atoms with E-state index in [0.29, 0.717) is 11.8 Å². The molecule has 17 heavy (non-hydrogen) atoms.